The molecule has 0 saturated heterocycles. The van der Waals surface area contributed by atoms with Crippen LogP contribution in [0.15, 0.2) is 62.0 Å². The molecule has 104 valence electrons. The van der Waals surface area contributed by atoms with Gasteiger partial charge in [-0.1, -0.05) is 29.1 Å². The van der Waals surface area contributed by atoms with Crippen LogP contribution < -0.4 is 0 Å². The molecule has 3 heterocycles. The highest BCUT2D eigenvalue weighted by atomic mass is 32.2. The van der Waals surface area contributed by atoms with Crippen molar-refractivity contribution in [1.29, 1.82) is 0 Å². The Morgan fingerprint density at radius 3 is 2.90 bits per heavy atom. The fraction of sp³-hybridized carbons (Fsp3) is 0.0667. The summed E-state index contributed by atoms with van der Waals surface area (Å²) in [6.07, 6.45) is 1.62. The summed E-state index contributed by atoms with van der Waals surface area (Å²) in [5.74, 6) is 2.07. The van der Waals surface area contributed by atoms with Crippen molar-refractivity contribution in [2.24, 2.45) is 0 Å². The van der Waals surface area contributed by atoms with Gasteiger partial charge in [-0.2, -0.15) is 0 Å². The number of hydrogen-bond donors (Lipinski definition) is 0. The zero-order valence-electron chi connectivity index (χ0n) is 10.9. The minimum atomic E-state index is 0.653. The Bertz CT molecular complexity index is 832. The standard InChI is InChI=1S/C15H10N2O2S2/c1-2-6-14-11(4-1)16-15(21-14)20-9-10-8-13(19-17-10)12-5-3-7-18-12/h1-8H,9H2. The van der Waals surface area contributed by atoms with E-state index >= 15 is 0 Å². The average Bonchev–Trinajstić information content (AvgIpc) is 3.23. The number of benzene rings is 1. The van der Waals surface area contributed by atoms with E-state index in [-0.39, 0.29) is 0 Å². The quantitative estimate of drug-likeness (QED) is 0.505. The lowest BCUT2D eigenvalue weighted by molar-refractivity contribution is 0.413. The highest BCUT2D eigenvalue weighted by Crippen LogP contribution is 2.32. The second-order valence-electron chi connectivity index (χ2n) is 4.40. The van der Waals surface area contributed by atoms with Gasteiger partial charge >= 0.3 is 0 Å². The highest BCUT2D eigenvalue weighted by Gasteiger charge is 2.10. The molecule has 0 saturated carbocycles. The fourth-order valence-corrected chi connectivity index (χ4v) is 3.91. The number of fused-ring (bicyclic) bond motifs is 1. The van der Waals surface area contributed by atoms with Crippen LogP contribution in [0.2, 0.25) is 0 Å². The zero-order valence-corrected chi connectivity index (χ0v) is 12.5. The third-order valence-corrected chi connectivity index (χ3v) is 5.15. The number of para-hydroxylation sites is 1. The van der Waals surface area contributed by atoms with E-state index in [1.165, 1.54) is 4.70 Å². The van der Waals surface area contributed by atoms with Crippen LogP contribution in [0.4, 0.5) is 0 Å². The van der Waals surface area contributed by atoms with Gasteiger partial charge in [-0.05, 0) is 24.3 Å². The monoisotopic (exact) mass is 314 g/mol. The van der Waals surface area contributed by atoms with Gasteiger partial charge in [0.25, 0.3) is 0 Å². The van der Waals surface area contributed by atoms with E-state index < -0.39 is 0 Å². The number of rotatable bonds is 4. The van der Waals surface area contributed by atoms with E-state index in [4.69, 9.17) is 8.94 Å². The summed E-state index contributed by atoms with van der Waals surface area (Å²) in [5, 5.41) is 4.06. The van der Waals surface area contributed by atoms with E-state index in [0.717, 1.165) is 21.3 Å². The third kappa shape index (κ3) is 2.59. The predicted molar refractivity (Wildman–Crippen MR) is 83.4 cm³/mol. The molecule has 21 heavy (non-hydrogen) atoms. The van der Waals surface area contributed by atoms with E-state index in [0.29, 0.717) is 11.5 Å². The normalized spacial score (nSPS) is 11.2. The van der Waals surface area contributed by atoms with Crippen LogP contribution in [0.25, 0.3) is 21.7 Å². The van der Waals surface area contributed by atoms with Gasteiger partial charge in [-0.3, -0.25) is 0 Å². The number of furan rings is 1. The van der Waals surface area contributed by atoms with Crippen LogP contribution in [0.3, 0.4) is 0 Å². The molecule has 0 N–H and O–H groups in total. The molecular formula is C15H10N2O2S2. The summed E-state index contributed by atoms with van der Waals surface area (Å²) in [6, 6.07) is 13.7. The van der Waals surface area contributed by atoms with Crippen LogP contribution in [-0.4, -0.2) is 10.1 Å². The van der Waals surface area contributed by atoms with Gasteiger partial charge in [-0.15, -0.1) is 11.3 Å². The zero-order chi connectivity index (χ0) is 14.1. The maximum absolute atomic E-state index is 5.28. The van der Waals surface area contributed by atoms with Gasteiger partial charge in [0.15, 0.2) is 10.1 Å². The van der Waals surface area contributed by atoms with Gasteiger partial charge in [0.05, 0.1) is 22.2 Å². The first kappa shape index (κ1) is 12.7. The Hall–Kier alpha value is -2.05. The molecule has 0 aliphatic rings. The largest absolute Gasteiger partial charge is 0.461 e. The van der Waals surface area contributed by atoms with Crippen molar-refractivity contribution in [1.82, 2.24) is 10.1 Å². The van der Waals surface area contributed by atoms with Gasteiger partial charge in [0.1, 0.15) is 0 Å². The molecular weight excluding hydrogens is 304 g/mol. The Morgan fingerprint density at radius 1 is 1.10 bits per heavy atom. The Morgan fingerprint density at radius 2 is 2.05 bits per heavy atom. The van der Waals surface area contributed by atoms with Crippen molar-refractivity contribution < 1.29 is 8.94 Å². The molecule has 4 nitrogen and oxygen atoms in total. The van der Waals surface area contributed by atoms with E-state index in [1.54, 1.807) is 29.4 Å². The van der Waals surface area contributed by atoms with Crippen LogP contribution in [0.5, 0.6) is 0 Å². The molecule has 0 bridgehead atoms. The molecule has 0 spiro atoms. The van der Waals surface area contributed by atoms with E-state index in [2.05, 4.69) is 16.2 Å². The first-order valence-corrected chi connectivity index (χ1v) is 8.16. The molecule has 4 rings (SSSR count). The summed E-state index contributed by atoms with van der Waals surface area (Å²) < 4.78 is 12.8. The molecule has 4 aromatic rings. The first-order valence-electron chi connectivity index (χ1n) is 6.36. The molecule has 3 aromatic heterocycles. The number of thiazole rings is 1. The van der Waals surface area contributed by atoms with Crippen LogP contribution in [0, 0.1) is 0 Å². The summed E-state index contributed by atoms with van der Waals surface area (Å²) >= 11 is 3.36. The number of aromatic nitrogens is 2. The van der Waals surface area contributed by atoms with Crippen LogP contribution in [0.1, 0.15) is 5.69 Å². The van der Waals surface area contributed by atoms with Crippen molar-refractivity contribution in [2.45, 2.75) is 10.1 Å². The SMILES string of the molecule is c1coc(-c2cc(CSc3nc4ccccc4s3)no2)c1. The van der Waals surface area contributed by atoms with Gasteiger partial charge < -0.3 is 8.94 Å². The molecule has 0 radical (unpaired) electrons. The lowest BCUT2D eigenvalue weighted by Crippen LogP contribution is -1.78. The topological polar surface area (TPSA) is 52.1 Å². The molecule has 0 fully saturated rings. The molecule has 0 aliphatic carbocycles. The second kappa shape index (κ2) is 5.38. The van der Waals surface area contributed by atoms with E-state index in [1.807, 2.05) is 36.4 Å². The summed E-state index contributed by atoms with van der Waals surface area (Å²) in [5.41, 5.74) is 1.92. The van der Waals surface area contributed by atoms with Crippen molar-refractivity contribution >= 4 is 33.3 Å². The summed E-state index contributed by atoms with van der Waals surface area (Å²) in [6.45, 7) is 0. The minimum absolute atomic E-state index is 0.653. The second-order valence-corrected chi connectivity index (χ2v) is 6.65. The van der Waals surface area contributed by atoms with Gasteiger partial charge in [0.2, 0.25) is 5.76 Å². The predicted octanol–water partition coefficient (Wildman–Crippen LogP) is 4.84. The number of thioether (sulfide) groups is 1. The van der Waals surface area contributed by atoms with Crippen molar-refractivity contribution in [3.8, 4) is 11.5 Å². The first-order chi connectivity index (χ1) is 10.4. The molecule has 6 heteroatoms. The van der Waals surface area contributed by atoms with Crippen LogP contribution >= 0.6 is 23.1 Å². The van der Waals surface area contributed by atoms with Crippen LogP contribution in [-0.2, 0) is 5.75 Å². The Labute approximate surface area is 128 Å². The third-order valence-electron chi connectivity index (χ3n) is 2.94. The smallest absolute Gasteiger partial charge is 0.202 e. The Kier molecular flexibility index (Phi) is 3.25. The Balaban J connectivity index is 1.49. The van der Waals surface area contributed by atoms with Crippen molar-refractivity contribution in [3.05, 3.63) is 54.4 Å². The highest BCUT2D eigenvalue weighted by molar-refractivity contribution is 8.00. The minimum Gasteiger partial charge on any atom is -0.461 e. The molecule has 0 unspecified atom stereocenters. The van der Waals surface area contributed by atoms with Crippen molar-refractivity contribution in [3.63, 3.8) is 0 Å². The molecule has 0 atom stereocenters. The number of nitrogens with zero attached hydrogens (tertiary/aromatic N) is 2. The number of hydrogen-bond acceptors (Lipinski definition) is 6. The molecule has 0 amide bonds. The summed E-state index contributed by atoms with van der Waals surface area (Å²) in [7, 11) is 0. The average molecular weight is 314 g/mol. The van der Waals surface area contributed by atoms with E-state index in [9.17, 15) is 0 Å². The lowest BCUT2D eigenvalue weighted by Gasteiger charge is -1.90. The maximum atomic E-state index is 5.28. The molecule has 0 aliphatic heterocycles. The fourth-order valence-electron chi connectivity index (χ4n) is 1.96. The van der Waals surface area contributed by atoms with Gasteiger partial charge in [0, 0.05) is 11.8 Å². The lowest BCUT2D eigenvalue weighted by atomic mass is 10.3. The summed E-state index contributed by atoms with van der Waals surface area (Å²) in [4.78, 5) is 4.59. The van der Waals surface area contributed by atoms with Crippen molar-refractivity contribution in [2.75, 3.05) is 0 Å². The van der Waals surface area contributed by atoms with Gasteiger partial charge in [-0.25, -0.2) is 4.98 Å². The molecule has 1 aromatic carbocycles. The maximum Gasteiger partial charge on any atom is 0.202 e.